The lowest BCUT2D eigenvalue weighted by atomic mass is 10.2. The van der Waals surface area contributed by atoms with Crippen LogP contribution in [0.15, 0.2) is 10.7 Å². The van der Waals surface area contributed by atoms with Crippen molar-refractivity contribution in [2.75, 3.05) is 24.5 Å². The van der Waals surface area contributed by atoms with Crippen LogP contribution in [0.5, 0.6) is 0 Å². The highest BCUT2D eigenvalue weighted by Gasteiger charge is 2.10. The average molecular weight is 253 g/mol. The van der Waals surface area contributed by atoms with E-state index in [1.54, 1.807) is 6.26 Å². The maximum Gasteiger partial charge on any atom is 0.297 e. The molecule has 4 nitrogen and oxygen atoms in total. The molecule has 18 heavy (non-hydrogen) atoms. The van der Waals surface area contributed by atoms with Crippen LogP contribution >= 0.6 is 0 Å². The first-order valence-electron chi connectivity index (χ1n) is 7.07. The second-order valence-corrected chi connectivity index (χ2v) is 5.08. The van der Waals surface area contributed by atoms with Gasteiger partial charge in [-0.3, -0.25) is 0 Å². The number of rotatable bonds is 9. The molecule has 0 amide bonds. The molecule has 0 atom stereocenters. The van der Waals surface area contributed by atoms with Gasteiger partial charge in [-0.2, -0.15) is 4.98 Å². The lowest BCUT2D eigenvalue weighted by molar-refractivity contribution is 0.526. The fraction of sp³-hybridized carbons (Fsp3) is 0.786. The second-order valence-electron chi connectivity index (χ2n) is 5.08. The lowest BCUT2D eigenvalue weighted by Gasteiger charge is -2.17. The summed E-state index contributed by atoms with van der Waals surface area (Å²) in [4.78, 5) is 6.72. The molecule has 1 aromatic rings. The van der Waals surface area contributed by atoms with Crippen LogP contribution in [0.3, 0.4) is 0 Å². The number of nitrogens with one attached hydrogen (secondary N) is 1. The standard InChI is InChI=1S/C14H27N3O/c1-5-7-8-17(6-2)14-16-13(11-18-14)10-15-9-12(3)4/h11-12,15H,5-10H2,1-4H3. The van der Waals surface area contributed by atoms with Crippen molar-refractivity contribution in [2.24, 2.45) is 5.92 Å². The predicted octanol–water partition coefficient (Wildman–Crippen LogP) is 3.05. The monoisotopic (exact) mass is 253 g/mol. The third kappa shape index (κ3) is 5.08. The van der Waals surface area contributed by atoms with Gasteiger partial charge in [0.15, 0.2) is 0 Å². The topological polar surface area (TPSA) is 41.3 Å². The highest BCUT2D eigenvalue weighted by atomic mass is 16.4. The maximum absolute atomic E-state index is 5.55. The SMILES string of the molecule is CCCCN(CC)c1nc(CNCC(C)C)co1. The molecule has 0 aliphatic carbocycles. The Labute approximate surface area is 111 Å². The molecule has 0 spiro atoms. The molecule has 0 aromatic carbocycles. The summed E-state index contributed by atoms with van der Waals surface area (Å²) >= 11 is 0. The summed E-state index contributed by atoms with van der Waals surface area (Å²) in [5.41, 5.74) is 0.987. The first-order valence-corrected chi connectivity index (χ1v) is 7.07. The normalized spacial score (nSPS) is 11.2. The Kier molecular flexibility index (Phi) is 6.80. The molecule has 4 heteroatoms. The van der Waals surface area contributed by atoms with Gasteiger partial charge in [0, 0.05) is 19.6 Å². The highest BCUT2D eigenvalue weighted by molar-refractivity contribution is 5.26. The van der Waals surface area contributed by atoms with E-state index < -0.39 is 0 Å². The van der Waals surface area contributed by atoms with Gasteiger partial charge in [-0.25, -0.2) is 0 Å². The van der Waals surface area contributed by atoms with E-state index in [0.717, 1.165) is 37.9 Å². The van der Waals surface area contributed by atoms with Crippen LogP contribution in [0.4, 0.5) is 6.01 Å². The minimum Gasteiger partial charge on any atom is -0.432 e. The fourth-order valence-corrected chi connectivity index (χ4v) is 1.75. The van der Waals surface area contributed by atoms with Crippen molar-refractivity contribution in [3.8, 4) is 0 Å². The number of oxazole rings is 1. The van der Waals surface area contributed by atoms with Gasteiger partial charge in [0.05, 0.1) is 5.69 Å². The van der Waals surface area contributed by atoms with Crippen LogP contribution < -0.4 is 10.2 Å². The van der Waals surface area contributed by atoms with Crippen molar-refractivity contribution in [1.29, 1.82) is 0 Å². The van der Waals surface area contributed by atoms with Crippen LogP contribution in [-0.2, 0) is 6.54 Å². The minimum atomic E-state index is 0.660. The quantitative estimate of drug-likeness (QED) is 0.734. The lowest BCUT2D eigenvalue weighted by Crippen LogP contribution is -2.24. The molecule has 0 unspecified atom stereocenters. The number of hydrogen-bond donors (Lipinski definition) is 1. The zero-order valence-corrected chi connectivity index (χ0v) is 12.2. The molecule has 0 saturated heterocycles. The number of aromatic nitrogens is 1. The molecule has 0 saturated carbocycles. The van der Waals surface area contributed by atoms with Gasteiger partial charge < -0.3 is 14.6 Å². The largest absolute Gasteiger partial charge is 0.432 e. The van der Waals surface area contributed by atoms with E-state index in [-0.39, 0.29) is 0 Å². The van der Waals surface area contributed by atoms with Gasteiger partial charge in [-0.05, 0) is 25.8 Å². The summed E-state index contributed by atoms with van der Waals surface area (Å²) in [6.07, 6.45) is 4.13. The Balaban J connectivity index is 2.45. The summed E-state index contributed by atoms with van der Waals surface area (Å²) in [6.45, 7) is 12.5. The molecule has 0 bridgehead atoms. The zero-order valence-electron chi connectivity index (χ0n) is 12.2. The molecule has 0 aliphatic heterocycles. The van der Waals surface area contributed by atoms with Gasteiger partial charge in [-0.15, -0.1) is 0 Å². The van der Waals surface area contributed by atoms with Crippen molar-refractivity contribution in [3.05, 3.63) is 12.0 Å². The Morgan fingerprint density at radius 2 is 2.17 bits per heavy atom. The van der Waals surface area contributed by atoms with E-state index in [2.05, 4.69) is 42.9 Å². The van der Waals surface area contributed by atoms with Crippen LogP contribution in [0.1, 0.15) is 46.2 Å². The first kappa shape index (κ1) is 15.0. The summed E-state index contributed by atoms with van der Waals surface area (Å²) < 4.78 is 5.55. The van der Waals surface area contributed by atoms with Gasteiger partial charge in [0.25, 0.3) is 6.01 Å². The molecular weight excluding hydrogens is 226 g/mol. The van der Waals surface area contributed by atoms with Crippen molar-refractivity contribution >= 4 is 6.01 Å². The van der Waals surface area contributed by atoms with E-state index in [1.165, 1.54) is 12.8 Å². The Morgan fingerprint density at radius 3 is 2.78 bits per heavy atom. The fourth-order valence-electron chi connectivity index (χ4n) is 1.75. The van der Waals surface area contributed by atoms with Gasteiger partial charge in [0.2, 0.25) is 0 Å². The van der Waals surface area contributed by atoms with E-state index in [9.17, 15) is 0 Å². The van der Waals surface area contributed by atoms with E-state index in [1.807, 2.05) is 0 Å². The van der Waals surface area contributed by atoms with Crippen LogP contribution in [0.25, 0.3) is 0 Å². The van der Waals surface area contributed by atoms with Crippen LogP contribution in [-0.4, -0.2) is 24.6 Å². The Hall–Kier alpha value is -1.03. The second kappa shape index (κ2) is 8.14. The van der Waals surface area contributed by atoms with Crippen molar-refractivity contribution in [3.63, 3.8) is 0 Å². The van der Waals surface area contributed by atoms with Crippen molar-refractivity contribution in [2.45, 2.75) is 47.1 Å². The first-order chi connectivity index (χ1) is 8.67. The van der Waals surface area contributed by atoms with E-state index in [0.29, 0.717) is 5.92 Å². The van der Waals surface area contributed by atoms with Crippen LogP contribution in [0, 0.1) is 5.92 Å². The molecule has 1 heterocycles. The summed E-state index contributed by atoms with van der Waals surface area (Å²) in [5, 5.41) is 3.37. The van der Waals surface area contributed by atoms with Gasteiger partial charge in [-0.1, -0.05) is 27.2 Å². The number of hydrogen-bond acceptors (Lipinski definition) is 4. The summed E-state index contributed by atoms with van der Waals surface area (Å²) in [7, 11) is 0. The third-order valence-corrected chi connectivity index (χ3v) is 2.83. The highest BCUT2D eigenvalue weighted by Crippen LogP contribution is 2.14. The molecule has 0 fully saturated rings. The summed E-state index contributed by atoms with van der Waals surface area (Å²) in [6, 6.07) is 0.757. The van der Waals surface area contributed by atoms with Gasteiger partial charge >= 0.3 is 0 Å². The number of nitrogens with zero attached hydrogens (tertiary/aromatic N) is 2. The van der Waals surface area contributed by atoms with Gasteiger partial charge in [0.1, 0.15) is 6.26 Å². The van der Waals surface area contributed by atoms with Crippen molar-refractivity contribution < 1.29 is 4.42 Å². The van der Waals surface area contributed by atoms with Crippen molar-refractivity contribution in [1.82, 2.24) is 10.3 Å². The average Bonchev–Trinajstić information content (AvgIpc) is 2.78. The van der Waals surface area contributed by atoms with E-state index in [4.69, 9.17) is 4.42 Å². The predicted molar refractivity (Wildman–Crippen MR) is 75.8 cm³/mol. The molecular formula is C14H27N3O. The minimum absolute atomic E-state index is 0.660. The Morgan fingerprint density at radius 1 is 1.39 bits per heavy atom. The van der Waals surface area contributed by atoms with Crippen LogP contribution in [0.2, 0.25) is 0 Å². The molecule has 1 aromatic heterocycles. The molecule has 1 rings (SSSR count). The molecule has 0 radical (unpaired) electrons. The number of unbranched alkanes of at least 4 members (excludes halogenated alkanes) is 1. The molecule has 0 aliphatic rings. The Bertz CT molecular complexity index is 323. The summed E-state index contributed by atoms with van der Waals surface area (Å²) in [5.74, 6) is 0.660. The maximum atomic E-state index is 5.55. The smallest absolute Gasteiger partial charge is 0.297 e. The molecule has 104 valence electrons. The molecule has 1 N–H and O–H groups in total. The van der Waals surface area contributed by atoms with E-state index >= 15 is 0 Å². The number of anilines is 1. The zero-order chi connectivity index (χ0) is 13.4. The third-order valence-electron chi connectivity index (χ3n) is 2.83.